The summed E-state index contributed by atoms with van der Waals surface area (Å²) in [5.74, 6) is -0.183. The van der Waals surface area contributed by atoms with Crippen LogP contribution in [0.2, 0.25) is 0 Å². The number of hydrogen-bond acceptors (Lipinski definition) is 1. The Labute approximate surface area is 115 Å². The Morgan fingerprint density at radius 1 is 1.17 bits per heavy atom. The monoisotopic (exact) mass is 307 g/mol. The summed E-state index contributed by atoms with van der Waals surface area (Å²) in [5, 5.41) is 3.32. The Kier molecular flexibility index (Phi) is 4.50. The van der Waals surface area contributed by atoms with Crippen molar-refractivity contribution in [2.45, 2.75) is 19.5 Å². The minimum absolute atomic E-state index is 0.0155. The van der Waals surface area contributed by atoms with Crippen molar-refractivity contribution < 1.29 is 4.39 Å². The third-order valence-electron chi connectivity index (χ3n) is 2.88. The maximum Gasteiger partial charge on any atom is 0.129 e. The van der Waals surface area contributed by atoms with Crippen LogP contribution in [0, 0.1) is 5.82 Å². The molecule has 1 nitrogen and oxygen atoms in total. The first-order valence-corrected chi connectivity index (χ1v) is 6.68. The van der Waals surface area contributed by atoms with Gasteiger partial charge in [0.15, 0.2) is 0 Å². The van der Waals surface area contributed by atoms with Crippen LogP contribution in [0.5, 0.6) is 0 Å². The lowest BCUT2D eigenvalue weighted by Gasteiger charge is -2.15. The zero-order valence-electron chi connectivity index (χ0n) is 10.2. The molecule has 0 radical (unpaired) electrons. The van der Waals surface area contributed by atoms with Crippen LogP contribution in [0.4, 0.5) is 4.39 Å². The zero-order chi connectivity index (χ0) is 13.0. The molecule has 0 saturated carbocycles. The maximum absolute atomic E-state index is 13.8. The lowest BCUT2D eigenvalue weighted by Crippen LogP contribution is -2.19. The third kappa shape index (κ3) is 3.40. The maximum atomic E-state index is 13.8. The van der Waals surface area contributed by atoms with Crippen LogP contribution in [0.25, 0.3) is 0 Å². The molecule has 2 aromatic carbocycles. The molecule has 0 bridgehead atoms. The van der Waals surface area contributed by atoms with Crippen molar-refractivity contribution >= 4 is 15.9 Å². The van der Waals surface area contributed by atoms with Crippen LogP contribution in [0.1, 0.15) is 24.1 Å². The molecule has 0 saturated heterocycles. The van der Waals surface area contributed by atoms with Gasteiger partial charge >= 0.3 is 0 Å². The molecule has 3 heteroatoms. The fraction of sp³-hybridized carbons (Fsp3) is 0.200. The number of hydrogen-bond donors (Lipinski definition) is 1. The van der Waals surface area contributed by atoms with Gasteiger partial charge < -0.3 is 5.32 Å². The van der Waals surface area contributed by atoms with Crippen molar-refractivity contribution in [1.82, 2.24) is 5.32 Å². The Hall–Kier alpha value is -1.19. The highest BCUT2D eigenvalue weighted by atomic mass is 79.9. The van der Waals surface area contributed by atoms with Gasteiger partial charge in [-0.2, -0.15) is 0 Å². The van der Waals surface area contributed by atoms with E-state index in [9.17, 15) is 4.39 Å². The average Bonchev–Trinajstić information content (AvgIpc) is 2.37. The molecule has 2 rings (SSSR count). The quantitative estimate of drug-likeness (QED) is 0.880. The van der Waals surface area contributed by atoms with Gasteiger partial charge in [0.25, 0.3) is 0 Å². The van der Waals surface area contributed by atoms with Crippen molar-refractivity contribution in [2.24, 2.45) is 0 Å². The molecule has 0 amide bonds. The van der Waals surface area contributed by atoms with E-state index in [1.165, 1.54) is 11.6 Å². The summed E-state index contributed by atoms with van der Waals surface area (Å²) >= 11 is 3.26. The van der Waals surface area contributed by atoms with Crippen molar-refractivity contribution in [1.29, 1.82) is 0 Å². The minimum atomic E-state index is -0.183. The predicted molar refractivity (Wildman–Crippen MR) is 75.8 cm³/mol. The van der Waals surface area contributed by atoms with Crippen molar-refractivity contribution in [3.8, 4) is 0 Å². The topological polar surface area (TPSA) is 12.0 Å². The number of rotatable bonds is 4. The van der Waals surface area contributed by atoms with Gasteiger partial charge in [-0.3, -0.25) is 0 Å². The summed E-state index contributed by atoms with van der Waals surface area (Å²) in [7, 11) is 0. The molecule has 0 aliphatic heterocycles. The first kappa shape index (κ1) is 13.2. The van der Waals surface area contributed by atoms with Crippen LogP contribution in [-0.2, 0) is 6.54 Å². The van der Waals surface area contributed by atoms with E-state index in [1.54, 1.807) is 0 Å². The smallest absolute Gasteiger partial charge is 0.129 e. The number of benzene rings is 2. The van der Waals surface area contributed by atoms with Crippen LogP contribution in [-0.4, -0.2) is 0 Å². The third-order valence-corrected chi connectivity index (χ3v) is 3.38. The van der Waals surface area contributed by atoms with Crippen LogP contribution >= 0.6 is 15.9 Å². The second-order valence-corrected chi connectivity index (χ2v) is 5.17. The van der Waals surface area contributed by atoms with Crippen molar-refractivity contribution in [3.63, 3.8) is 0 Å². The van der Waals surface area contributed by atoms with E-state index in [4.69, 9.17) is 0 Å². The zero-order valence-corrected chi connectivity index (χ0v) is 11.7. The van der Waals surface area contributed by atoms with Crippen LogP contribution in [0.3, 0.4) is 0 Å². The molecule has 0 aliphatic carbocycles. The molecule has 2 aromatic rings. The summed E-state index contributed by atoms with van der Waals surface area (Å²) in [4.78, 5) is 0. The van der Waals surface area contributed by atoms with Crippen LogP contribution in [0.15, 0.2) is 53.0 Å². The van der Waals surface area contributed by atoms with E-state index in [2.05, 4.69) is 33.4 Å². The highest BCUT2D eigenvalue weighted by molar-refractivity contribution is 9.10. The predicted octanol–water partition coefficient (Wildman–Crippen LogP) is 4.44. The molecule has 0 fully saturated rings. The summed E-state index contributed by atoms with van der Waals surface area (Å²) in [5.41, 5.74) is 1.89. The van der Waals surface area contributed by atoms with Crippen molar-refractivity contribution in [3.05, 3.63) is 69.9 Å². The van der Waals surface area contributed by atoms with Gasteiger partial charge in [-0.25, -0.2) is 4.39 Å². The van der Waals surface area contributed by atoms with Crippen molar-refractivity contribution in [2.75, 3.05) is 0 Å². The van der Waals surface area contributed by atoms with Gasteiger partial charge in [-0.05, 0) is 24.6 Å². The molecule has 18 heavy (non-hydrogen) atoms. The second kappa shape index (κ2) is 6.12. The second-order valence-electron chi connectivity index (χ2n) is 4.25. The molecular weight excluding hydrogens is 293 g/mol. The molecule has 1 atom stereocenters. The Balaban J connectivity index is 2.01. The Bertz CT molecular complexity index is 513. The summed E-state index contributed by atoms with van der Waals surface area (Å²) in [6.45, 7) is 2.70. The standard InChI is InChI=1S/C15H15BrFN/c1-11(14-8-7-13(16)9-15(14)17)18-10-12-5-3-2-4-6-12/h2-9,11,18H,10H2,1H3. The lowest BCUT2D eigenvalue weighted by atomic mass is 10.1. The molecule has 1 unspecified atom stereocenters. The highest BCUT2D eigenvalue weighted by Gasteiger charge is 2.10. The van der Waals surface area contributed by atoms with Crippen LogP contribution < -0.4 is 5.32 Å². The lowest BCUT2D eigenvalue weighted by molar-refractivity contribution is 0.528. The number of nitrogens with one attached hydrogen (secondary N) is 1. The van der Waals surface area contributed by atoms with E-state index >= 15 is 0 Å². The molecule has 0 aromatic heterocycles. The van der Waals surface area contributed by atoms with E-state index < -0.39 is 0 Å². The fourth-order valence-electron chi connectivity index (χ4n) is 1.83. The summed E-state index contributed by atoms with van der Waals surface area (Å²) < 4.78 is 14.5. The fourth-order valence-corrected chi connectivity index (χ4v) is 2.16. The first-order valence-electron chi connectivity index (χ1n) is 5.89. The molecule has 1 N–H and O–H groups in total. The summed E-state index contributed by atoms with van der Waals surface area (Å²) in [6.07, 6.45) is 0. The highest BCUT2D eigenvalue weighted by Crippen LogP contribution is 2.21. The SMILES string of the molecule is CC(NCc1ccccc1)c1ccc(Br)cc1F. The van der Waals surface area contributed by atoms with Gasteiger partial charge in [0.05, 0.1) is 0 Å². The molecule has 0 aliphatic rings. The molecule has 94 valence electrons. The van der Waals surface area contributed by atoms with Gasteiger partial charge in [0, 0.05) is 22.6 Å². The Morgan fingerprint density at radius 3 is 2.56 bits per heavy atom. The van der Waals surface area contributed by atoms with E-state index in [-0.39, 0.29) is 11.9 Å². The minimum Gasteiger partial charge on any atom is -0.306 e. The Morgan fingerprint density at radius 2 is 1.89 bits per heavy atom. The molecular formula is C15H15BrFN. The van der Waals surface area contributed by atoms with Gasteiger partial charge in [0.1, 0.15) is 5.82 Å². The average molecular weight is 308 g/mol. The van der Waals surface area contributed by atoms with Gasteiger partial charge in [-0.1, -0.05) is 52.3 Å². The largest absolute Gasteiger partial charge is 0.306 e. The normalized spacial score (nSPS) is 12.4. The molecule has 0 spiro atoms. The van der Waals surface area contributed by atoms with E-state index in [1.807, 2.05) is 37.3 Å². The van der Waals surface area contributed by atoms with Gasteiger partial charge in [-0.15, -0.1) is 0 Å². The van der Waals surface area contributed by atoms with E-state index in [0.29, 0.717) is 5.56 Å². The van der Waals surface area contributed by atoms with E-state index in [0.717, 1.165) is 11.0 Å². The number of halogens is 2. The molecule has 0 heterocycles. The first-order chi connectivity index (χ1) is 8.66. The van der Waals surface area contributed by atoms with Gasteiger partial charge in [0.2, 0.25) is 0 Å². The summed E-state index contributed by atoms with van der Waals surface area (Å²) in [6, 6.07) is 15.2.